The third kappa shape index (κ3) is 11.9. The number of benzene rings is 3. The Kier molecular flexibility index (Phi) is 14.8. The predicted molar refractivity (Wildman–Crippen MR) is 260 cm³/mol. The highest BCUT2D eigenvalue weighted by Gasteiger charge is 2.45. The van der Waals surface area contributed by atoms with E-state index < -0.39 is 52.0 Å². The summed E-state index contributed by atoms with van der Waals surface area (Å²) in [5.41, 5.74) is 6.33. The lowest BCUT2D eigenvalue weighted by molar-refractivity contribution is -0.437. The maximum Gasteiger partial charge on any atom is 0.294 e. The Balaban J connectivity index is 1.48. The van der Waals surface area contributed by atoms with E-state index in [1.54, 1.807) is 0 Å². The first-order valence-electron chi connectivity index (χ1n) is 22.1. The molecule has 15 heteroatoms. The highest BCUT2D eigenvalue weighted by molar-refractivity contribution is 7.95. The van der Waals surface area contributed by atoms with Crippen molar-refractivity contribution >= 4 is 58.8 Å². The van der Waals surface area contributed by atoms with Crippen molar-refractivity contribution < 1.29 is 48.8 Å². The molecule has 3 N–H and O–H groups in total. The number of nitrogens with zero attached hydrogens (tertiary/aromatic N) is 2. The highest BCUT2D eigenvalue weighted by atomic mass is 32.2. The van der Waals surface area contributed by atoms with E-state index in [0.717, 1.165) is 51.5 Å². The van der Waals surface area contributed by atoms with Crippen LogP contribution < -0.4 is 9.64 Å². The van der Waals surface area contributed by atoms with Crippen molar-refractivity contribution in [1.82, 2.24) is 0 Å². The minimum absolute atomic E-state index is 0.0589. The van der Waals surface area contributed by atoms with Gasteiger partial charge in [-0.1, -0.05) is 63.2 Å². The van der Waals surface area contributed by atoms with Crippen LogP contribution in [0, 0.1) is 5.41 Å². The average molecular weight is 948 g/mol. The normalized spacial score (nSPS) is 21.0. The van der Waals surface area contributed by atoms with Gasteiger partial charge in [-0.25, -0.2) is 4.21 Å². The molecule has 1 aliphatic carbocycles. The molecule has 0 fully saturated rings. The minimum atomic E-state index is -4.45. The van der Waals surface area contributed by atoms with Crippen LogP contribution in [0.3, 0.4) is 0 Å². The second-order valence-corrected chi connectivity index (χ2v) is 24.0. The Bertz CT molecular complexity index is 2810. The first-order chi connectivity index (χ1) is 30.3. The van der Waals surface area contributed by atoms with E-state index in [9.17, 15) is 39.5 Å². The summed E-state index contributed by atoms with van der Waals surface area (Å²) in [5.74, 6) is 4.19. The van der Waals surface area contributed by atoms with Crippen LogP contribution in [0.4, 0.5) is 11.4 Å². The average Bonchev–Trinajstić information content (AvgIpc) is 3.57. The van der Waals surface area contributed by atoms with Crippen molar-refractivity contribution in [2.75, 3.05) is 29.5 Å². The van der Waals surface area contributed by atoms with Crippen molar-refractivity contribution in [2.45, 2.75) is 109 Å². The van der Waals surface area contributed by atoms with Gasteiger partial charge >= 0.3 is 0 Å². The van der Waals surface area contributed by atoms with E-state index in [1.807, 2.05) is 57.2 Å². The molecule has 6 rings (SSSR count). The molecule has 2 aliphatic heterocycles. The fraction of sp³-hybridized carbons (Fsp3) is 0.420. The standard InChI is InChI=1S/C50H62N2O10S3/c1-48(2,3)46(53)22-13-31-50(6)41-19-9-11-21-43(41)52(33-15-35-64(56,57)58)45(50)30-24-37-17-12-16-36(47(37)62-38-25-27-39(28-26-38)65(59,60)61)23-29-44-49(4,5)40-18-8-10-20-42(40)51(44)32-14-34-63(7,54)55/h8-11,18-21,23-30H,7,12-17,22,31-35H2,1-6H3,(H2-,54,55,56,57,58,59,60,61)/p+1. The molecule has 0 radical (unpaired) electrons. The minimum Gasteiger partial charge on any atom is -0.457 e. The molecule has 3 aromatic carbocycles. The number of ether oxygens (including phenoxy) is 1. The van der Waals surface area contributed by atoms with E-state index in [4.69, 9.17) is 4.74 Å². The third-order valence-electron chi connectivity index (χ3n) is 12.7. The lowest BCUT2D eigenvalue weighted by Crippen LogP contribution is -2.30. The number of hydrogen-bond donors (Lipinski definition) is 3. The summed E-state index contributed by atoms with van der Waals surface area (Å²) >= 11 is 0. The van der Waals surface area contributed by atoms with Crippen molar-refractivity contribution in [3.63, 3.8) is 0 Å². The molecule has 0 spiro atoms. The zero-order chi connectivity index (χ0) is 47.6. The Morgan fingerprint density at radius 1 is 0.831 bits per heavy atom. The maximum atomic E-state index is 13.1. The van der Waals surface area contributed by atoms with E-state index in [-0.39, 0.29) is 22.9 Å². The number of hydrogen-bond acceptors (Lipinski definition) is 8. The molecule has 0 saturated heterocycles. The molecule has 65 heavy (non-hydrogen) atoms. The molecular weight excluding hydrogens is 885 g/mol. The Morgan fingerprint density at radius 2 is 1.49 bits per heavy atom. The number of fused-ring (bicyclic) bond motifs is 2. The monoisotopic (exact) mass is 947 g/mol. The second kappa shape index (κ2) is 19.3. The Morgan fingerprint density at radius 3 is 2.14 bits per heavy atom. The zero-order valence-electron chi connectivity index (χ0n) is 38.2. The SMILES string of the molecule is C=S(=O)(O)CCC[N+]1=C(/C=C/C2=C(Oc3ccc(S(=O)(=O)O)cc3)C(=C/C=C3/N(CCCS(=O)(=O)O)c4ccccc4C3(C)CCCC(=O)C(C)(C)C)/CCC2)C(C)(C)c2ccccc21. The zero-order valence-corrected chi connectivity index (χ0v) is 40.7. The molecule has 3 aliphatic rings. The van der Waals surface area contributed by atoms with Gasteiger partial charge in [-0.05, 0) is 124 Å². The number of carbonyl (C=O) groups excluding carboxylic acids is 1. The number of Topliss-reactive ketones (excluding diaryl/α,β-unsaturated/α-hetero) is 1. The van der Waals surface area contributed by atoms with Crippen LogP contribution in [0.15, 0.2) is 125 Å². The smallest absolute Gasteiger partial charge is 0.294 e. The molecule has 350 valence electrons. The summed E-state index contributed by atoms with van der Waals surface area (Å²) in [4.78, 5) is 15.0. The number of para-hydroxylation sites is 2. The molecule has 0 aromatic heterocycles. The largest absolute Gasteiger partial charge is 0.457 e. The van der Waals surface area contributed by atoms with Gasteiger partial charge in [-0.15, -0.1) is 0 Å². The fourth-order valence-corrected chi connectivity index (χ4v) is 10.8. The summed E-state index contributed by atoms with van der Waals surface area (Å²) < 4.78 is 98.0. The van der Waals surface area contributed by atoms with Crippen molar-refractivity contribution in [3.8, 4) is 5.75 Å². The van der Waals surface area contributed by atoms with Gasteiger partial charge in [0.2, 0.25) is 5.69 Å². The first kappa shape index (κ1) is 49.8. The van der Waals surface area contributed by atoms with Gasteiger partial charge < -0.3 is 14.2 Å². The van der Waals surface area contributed by atoms with Crippen LogP contribution >= 0.6 is 0 Å². The van der Waals surface area contributed by atoms with Crippen molar-refractivity contribution in [2.24, 2.45) is 5.41 Å². The van der Waals surface area contributed by atoms with Gasteiger partial charge in [0.25, 0.3) is 20.2 Å². The van der Waals surface area contributed by atoms with E-state index in [1.165, 1.54) is 24.3 Å². The van der Waals surface area contributed by atoms with Gasteiger partial charge in [-0.2, -0.15) is 21.4 Å². The van der Waals surface area contributed by atoms with E-state index >= 15 is 0 Å². The molecule has 2 unspecified atom stereocenters. The van der Waals surface area contributed by atoms with E-state index in [2.05, 4.69) is 72.5 Å². The summed E-state index contributed by atoms with van der Waals surface area (Å²) in [5, 5.41) is 0. The quantitative estimate of drug-likeness (QED) is 0.0628. The summed E-state index contributed by atoms with van der Waals surface area (Å²) in [7, 11) is -11.8. The third-order valence-corrected chi connectivity index (χ3v) is 15.3. The van der Waals surface area contributed by atoms with Crippen molar-refractivity contribution in [3.05, 3.63) is 131 Å². The molecule has 0 bridgehead atoms. The van der Waals surface area contributed by atoms with Gasteiger partial charge in [-0.3, -0.25) is 13.9 Å². The number of rotatable bonds is 18. The lowest BCUT2D eigenvalue weighted by Gasteiger charge is -2.31. The molecule has 2 atom stereocenters. The highest BCUT2D eigenvalue weighted by Crippen LogP contribution is 2.51. The van der Waals surface area contributed by atoms with Crippen molar-refractivity contribution in [1.29, 1.82) is 0 Å². The van der Waals surface area contributed by atoms with Gasteiger partial charge in [0, 0.05) is 65.1 Å². The second-order valence-electron chi connectivity index (χ2n) is 19.0. The molecular formula is C50H63N2O10S3+. The number of carbonyl (C=O) groups is 1. The molecule has 0 saturated carbocycles. The van der Waals surface area contributed by atoms with E-state index in [0.29, 0.717) is 63.1 Å². The first-order valence-corrected chi connectivity index (χ1v) is 27.0. The molecule has 0 amide bonds. The number of allylic oxidation sites excluding steroid dienone is 7. The topological polar surface area (TPSA) is 179 Å². The van der Waals surface area contributed by atoms with Gasteiger partial charge in [0.1, 0.15) is 23.8 Å². The predicted octanol–water partition coefficient (Wildman–Crippen LogP) is 9.61. The lowest BCUT2D eigenvalue weighted by atomic mass is 9.76. The summed E-state index contributed by atoms with van der Waals surface area (Å²) in [6.07, 6.45) is 12.6. The Labute approximate surface area is 385 Å². The molecule has 12 nitrogen and oxygen atoms in total. The fourth-order valence-electron chi connectivity index (χ4n) is 9.24. The van der Waals surface area contributed by atoms with Crippen LogP contribution in [0.5, 0.6) is 5.75 Å². The van der Waals surface area contributed by atoms with Crippen LogP contribution in [0.1, 0.15) is 104 Å². The summed E-state index contributed by atoms with van der Waals surface area (Å²) in [6, 6.07) is 21.7. The van der Waals surface area contributed by atoms with Crippen LogP contribution in [-0.4, -0.2) is 81.2 Å². The van der Waals surface area contributed by atoms with Crippen LogP contribution in [0.25, 0.3) is 0 Å². The maximum absolute atomic E-state index is 13.1. The number of anilines is 1. The van der Waals surface area contributed by atoms with Gasteiger partial charge in [0.05, 0.1) is 25.9 Å². The van der Waals surface area contributed by atoms with Crippen LogP contribution in [-0.2, 0) is 45.7 Å². The summed E-state index contributed by atoms with van der Waals surface area (Å²) in [6.45, 7) is 13.0. The Hall–Kier alpha value is -4.64. The van der Waals surface area contributed by atoms with Crippen LogP contribution in [0.2, 0.25) is 0 Å². The number of ketones is 1. The van der Waals surface area contributed by atoms with Gasteiger partial charge in [0.15, 0.2) is 5.71 Å². The molecule has 3 aromatic rings. The molecule has 2 heterocycles.